The molecule has 3 aromatic rings. The Kier molecular flexibility index (Phi) is 4.21. The van der Waals surface area contributed by atoms with Gasteiger partial charge in [-0.2, -0.15) is 0 Å². The molecule has 2 atom stereocenters. The summed E-state index contributed by atoms with van der Waals surface area (Å²) in [6.45, 7) is 3.45. The Balaban J connectivity index is 1.39. The van der Waals surface area contributed by atoms with Crippen molar-refractivity contribution >= 4 is 16.9 Å². The zero-order valence-corrected chi connectivity index (χ0v) is 16.5. The average molecular weight is 392 g/mol. The Morgan fingerprint density at radius 2 is 2.07 bits per heavy atom. The number of carbonyl (C=O) groups is 1. The fraction of sp³-hybridized carbons (Fsp3) is 0.391. The predicted molar refractivity (Wildman–Crippen MR) is 110 cm³/mol. The first kappa shape index (κ1) is 18.3. The van der Waals surface area contributed by atoms with Crippen molar-refractivity contribution in [3.05, 3.63) is 65.7 Å². The van der Waals surface area contributed by atoms with E-state index in [-0.39, 0.29) is 28.6 Å². The van der Waals surface area contributed by atoms with Crippen LogP contribution in [0.4, 0.5) is 4.39 Å². The molecule has 29 heavy (non-hydrogen) atoms. The minimum atomic E-state index is -0.340. The Labute approximate surface area is 169 Å². The maximum Gasteiger partial charge on any atom is 0.290 e. The van der Waals surface area contributed by atoms with Crippen molar-refractivity contribution in [1.29, 1.82) is 0 Å². The molecule has 5 nitrogen and oxygen atoms in total. The average Bonchev–Trinajstić information content (AvgIpc) is 3.02. The topological polar surface area (TPSA) is 61.0 Å². The summed E-state index contributed by atoms with van der Waals surface area (Å²) in [5, 5.41) is 3.77. The largest absolute Gasteiger partial charge is 0.334 e. The van der Waals surface area contributed by atoms with Gasteiger partial charge in [-0.05, 0) is 56.4 Å². The Hall–Kier alpha value is -2.73. The highest BCUT2D eigenvalue weighted by atomic mass is 19.1. The van der Waals surface area contributed by atoms with E-state index >= 15 is 0 Å². The number of nitrogens with zero attached hydrogens (tertiary/aromatic N) is 2. The molecule has 1 amide bonds. The molecule has 0 bridgehead atoms. The fourth-order valence-electron chi connectivity index (χ4n) is 5.31. The number of hydrogen-bond donors (Lipinski definition) is 2. The van der Waals surface area contributed by atoms with Gasteiger partial charge in [0.2, 0.25) is 0 Å². The smallest absolute Gasteiger partial charge is 0.290 e. The van der Waals surface area contributed by atoms with Gasteiger partial charge in [0.15, 0.2) is 5.82 Å². The maximum absolute atomic E-state index is 13.5. The summed E-state index contributed by atoms with van der Waals surface area (Å²) in [6.07, 6.45) is 4.16. The van der Waals surface area contributed by atoms with E-state index in [1.54, 1.807) is 6.07 Å². The number of aromatic amines is 1. The van der Waals surface area contributed by atoms with E-state index in [1.165, 1.54) is 17.7 Å². The van der Waals surface area contributed by atoms with Gasteiger partial charge in [0.25, 0.3) is 5.91 Å². The molecule has 2 saturated carbocycles. The monoisotopic (exact) mass is 392 g/mol. The SMILES string of the molecule is CCN(C(=O)c1nc2ccc(F)cc2[nH]1)[C@]12CCC[C@]1(NCc1ccccc1)C2. The second kappa shape index (κ2) is 6.66. The first-order chi connectivity index (χ1) is 14.1. The molecule has 2 aromatic carbocycles. The second-order valence-corrected chi connectivity index (χ2v) is 8.28. The van der Waals surface area contributed by atoms with E-state index in [1.807, 2.05) is 17.9 Å². The molecule has 0 saturated heterocycles. The van der Waals surface area contributed by atoms with Crippen LogP contribution in [0.3, 0.4) is 0 Å². The Morgan fingerprint density at radius 3 is 2.86 bits per heavy atom. The number of imidazole rings is 1. The zero-order chi connectivity index (χ0) is 20.1. The fourth-order valence-corrected chi connectivity index (χ4v) is 5.31. The van der Waals surface area contributed by atoms with Crippen LogP contribution in [0.2, 0.25) is 0 Å². The van der Waals surface area contributed by atoms with E-state index in [9.17, 15) is 9.18 Å². The lowest BCUT2D eigenvalue weighted by Crippen LogP contribution is -2.49. The van der Waals surface area contributed by atoms with Gasteiger partial charge in [0, 0.05) is 18.6 Å². The van der Waals surface area contributed by atoms with Crippen LogP contribution in [0.1, 0.15) is 48.8 Å². The molecule has 1 aromatic heterocycles. The number of benzene rings is 2. The molecular weight excluding hydrogens is 367 g/mol. The summed E-state index contributed by atoms with van der Waals surface area (Å²) in [5.74, 6) is -0.153. The Bertz CT molecular complexity index is 1070. The lowest BCUT2D eigenvalue weighted by molar-refractivity contribution is 0.0625. The number of halogens is 1. The number of fused-ring (bicyclic) bond motifs is 2. The van der Waals surface area contributed by atoms with Crippen LogP contribution in [-0.4, -0.2) is 38.4 Å². The van der Waals surface area contributed by atoms with E-state index in [2.05, 4.69) is 39.6 Å². The van der Waals surface area contributed by atoms with Crippen molar-refractivity contribution in [2.24, 2.45) is 0 Å². The first-order valence-electron chi connectivity index (χ1n) is 10.3. The van der Waals surface area contributed by atoms with Gasteiger partial charge in [-0.3, -0.25) is 4.79 Å². The van der Waals surface area contributed by atoms with Crippen LogP contribution in [0.25, 0.3) is 11.0 Å². The standard InChI is InChI=1S/C23H25FN4O/c1-2-28(21(29)20-26-18-10-9-17(24)13-19(18)27-20)23-12-6-11-22(23,15-23)25-14-16-7-4-3-5-8-16/h3-5,7-10,13,25H,2,6,11-12,14-15H2,1H3,(H,26,27)/t22-,23-/m0/s1. The van der Waals surface area contributed by atoms with Crippen LogP contribution in [-0.2, 0) is 6.54 Å². The molecule has 0 unspecified atom stereocenters. The van der Waals surface area contributed by atoms with Crippen LogP contribution in [0.5, 0.6) is 0 Å². The summed E-state index contributed by atoms with van der Waals surface area (Å²) >= 11 is 0. The molecule has 0 aliphatic heterocycles. The molecule has 0 spiro atoms. The highest BCUT2D eigenvalue weighted by molar-refractivity contribution is 5.95. The molecule has 0 radical (unpaired) electrons. The van der Waals surface area contributed by atoms with Gasteiger partial charge in [-0.1, -0.05) is 30.3 Å². The number of aromatic nitrogens is 2. The summed E-state index contributed by atoms with van der Waals surface area (Å²) in [6, 6.07) is 14.7. The van der Waals surface area contributed by atoms with Gasteiger partial charge in [-0.15, -0.1) is 0 Å². The summed E-state index contributed by atoms with van der Waals surface area (Å²) < 4.78 is 13.5. The molecule has 5 rings (SSSR count). The number of nitrogens with one attached hydrogen (secondary N) is 2. The highest BCUT2D eigenvalue weighted by Crippen LogP contribution is 2.63. The van der Waals surface area contributed by atoms with Gasteiger partial charge in [0.05, 0.1) is 16.6 Å². The third-order valence-electron chi connectivity index (χ3n) is 6.75. The predicted octanol–water partition coefficient (Wildman–Crippen LogP) is 4.02. The number of hydrogen-bond acceptors (Lipinski definition) is 3. The molecule has 150 valence electrons. The van der Waals surface area contributed by atoms with Crippen LogP contribution in [0, 0.1) is 5.82 Å². The number of carbonyl (C=O) groups excluding carboxylic acids is 1. The number of likely N-dealkylation sites (N-methyl/N-ethyl adjacent to an activating group) is 1. The van der Waals surface area contributed by atoms with Crippen LogP contribution in [0.15, 0.2) is 48.5 Å². The maximum atomic E-state index is 13.5. The third-order valence-corrected chi connectivity index (χ3v) is 6.75. The molecule has 2 aliphatic rings. The van der Waals surface area contributed by atoms with Crippen molar-refractivity contribution in [2.45, 2.75) is 50.2 Å². The van der Waals surface area contributed by atoms with Crippen molar-refractivity contribution in [3.8, 4) is 0 Å². The number of amides is 1. The first-order valence-corrected chi connectivity index (χ1v) is 10.3. The van der Waals surface area contributed by atoms with E-state index in [0.717, 1.165) is 32.2 Å². The minimum Gasteiger partial charge on any atom is -0.334 e. The summed E-state index contributed by atoms with van der Waals surface area (Å²) in [5.41, 5.74) is 2.24. The van der Waals surface area contributed by atoms with Crippen LogP contribution >= 0.6 is 0 Å². The van der Waals surface area contributed by atoms with Gasteiger partial charge in [-0.25, -0.2) is 9.37 Å². The lowest BCUT2D eigenvalue weighted by Gasteiger charge is -2.32. The van der Waals surface area contributed by atoms with E-state index in [4.69, 9.17) is 0 Å². The molecule has 2 aliphatic carbocycles. The van der Waals surface area contributed by atoms with Gasteiger partial charge >= 0.3 is 0 Å². The summed E-state index contributed by atoms with van der Waals surface area (Å²) in [4.78, 5) is 22.8. The van der Waals surface area contributed by atoms with Crippen molar-refractivity contribution < 1.29 is 9.18 Å². The number of H-pyrrole nitrogens is 1. The molecule has 1 heterocycles. The van der Waals surface area contributed by atoms with Crippen molar-refractivity contribution in [3.63, 3.8) is 0 Å². The van der Waals surface area contributed by atoms with Crippen molar-refractivity contribution in [1.82, 2.24) is 20.2 Å². The summed E-state index contributed by atoms with van der Waals surface area (Å²) in [7, 11) is 0. The highest BCUT2D eigenvalue weighted by Gasteiger charge is 2.73. The van der Waals surface area contributed by atoms with Crippen molar-refractivity contribution in [2.75, 3.05) is 6.54 Å². The molecular formula is C23H25FN4O. The van der Waals surface area contributed by atoms with Gasteiger partial charge < -0.3 is 15.2 Å². The minimum absolute atomic E-state index is 0.0212. The molecule has 2 fully saturated rings. The normalized spacial score (nSPS) is 25.2. The number of rotatable bonds is 6. The van der Waals surface area contributed by atoms with E-state index in [0.29, 0.717) is 17.6 Å². The Morgan fingerprint density at radius 1 is 1.24 bits per heavy atom. The quantitative estimate of drug-likeness (QED) is 0.666. The second-order valence-electron chi connectivity index (χ2n) is 8.28. The third kappa shape index (κ3) is 2.85. The van der Waals surface area contributed by atoms with Crippen LogP contribution < -0.4 is 5.32 Å². The molecule has 6 heteroatoms. The molecule has 2 N–H and O–H groups in total. The van der Waals surface area contributed by atoms with E-state index < -0.39 is 0 Å². The lowest BCUT2D eigenvalue weighted by atomic mass is 10.1. The zero-order valence-electron chi connectivity index (χ0n) is 16.5. The van der Waals surface area contributed by atoms with Gasteiger partial charge in [0.1, 0.15) is 5.82 Å².